The Balaban J connectivity index is 1.76. The topological polar surface area (TPSA) is 101 Å². The Morgan fingerprint density at radius 1 is 0.926 bits per heavy atom. The van der Waals surface area contributed by atoms with E-state index in [0.717, 1.165) is 10.9 Å². The number of aromatic nitrogens is 2. The van der Waals surface area contributed by atoms with E-state index in [4.69, 9.17) is 9.47 Å². The summed E-state index contributed by atoms with van der Waals surface area (Å²) < 4.78 is 10.2. The third-order valence-electron chi connectivity index (χ3n) is 4.22. The molecule has 0 aliphatic carbocycles. The number of aromatic amines is 2. The quantitative estimate of drug-likeness (QED) is 0.513. The number of hydrogen-bond acceptors (Lipinski definition) is 5. The molecule has 2 aromatic heterocycles. The minimum atomic E-state index is -0.637. The molecule has 0 fully saturated rings. The molecule has 140 valence electrons. The van der Waals surface area contributed by atoms with Crippen LogP contribution in [0.1, 0.15) is 49.5 Å². The predicted octanol–water partition coefficient (Wildman–Crippen LogP) is 3.33. The molecule has 7 heteroatoms. The van der Waals surface area contributed by atoms with E-state index in [9.17, 15) is 14.4 Å². The van der Waals surface area contributed by atoms with Gasteiger partial charge < -0.3 is 19.4 Å². The summed E-state index contributed by atoms with van der Waals surface area (Å²) in [7, 11) is 0. The number of H-pyrrole nitrogens is 2. The monoisotopic (exact) mass is 368 g/mol. The zero-order chi connectivity index (χ0) is 19.6. The highest BCUT2D eigenvalue weighted by molar-refractivity contribution is 6.09. The smallest absolute Gasteiger partial charge is 0.355 e. The van der Waals surface area contributed by atoms with Crippen molar-refractivity contribution in [2.75, 3.05) is 13.2 Å². The Labute approximate surface area is 155 Å². The van der Waals surface area contributed by atoms with Crippen molar-refractivity contribution in [1.82, 2.24) is 9.97 Å². The molecular formula is C20H20N2O5. The number of esters is 2. The molecule has 0 saturated heterocycles. The van der Waals surface area contributed by atoms with Crippen molar-refractivity contribution in [1.29, 1.82) is 0 Å². The number of carbonyl (C=O) groups excluding carboxylic acids is 3. The first kappa shape index (κ1) is 18.4. The van der Waals surface area contributed by atoms with Crippen LogP contribution in [0.3, 0.4) is 0 Å². The molecule has 1 aromatic carbocycles. The van der Waals surface area contributed by atoms with Crippen LogP contribution in [0.2, 0.25) is 0 Å². The minimum Gasteiger partial charge on any atom is -0.462 e. The van der Waals surface area contributed by atoms with E-state index in [1.165, 1.54) is 0 Å². The molecule has 3 rings (SSSR count). The number of hydrogen-bond donors (Lipinski definition) is 2. The highest BCUT2D eigenvalue weighted by Crippen LogP contribution is 2.21. The van der Waals surface area contributed by atoms with Gasteiger partial charge in [0.25, 0.3) is 0 Å². The number of Topliss-reactive ketones (excluding diaryl/α,β-unsaturated/α-hetero) is 1. The van der Waals surface area contributed by atoms with E-state index in [2.05, 4.69) is 9.97 Å². The van der Waals surface area contributed by atoms with Crippen molar-refractivity contribution in [3.8, 4) is 0 Å². The summed E-state index contributed by atoms with van der Waals surface area (Å²) >= 11 is 0. The van der Waals surface area contributed by atoms with E-state index in [1.807, 2.05) is 24.3 Å². The molecular weight excluding hydrogens is 348 g/mol. The maximum Gasteiger partial charge on any atom is 0.355 e. The van der Waals surface area contributed by atoms with Gasteiger partial charge in [0.05, 0.1) is 17.7 Å². The molecule has 27 heavy (non-hydrogen) atoms. The second-order valence-electron chi connectivity index (χ2n) is 6.12. The van der Waals surface area contributed by atoms with Crippen molar-refractivity contribution < 1.29 is 23.9 Å². The van der Waals surface area contributed by atoms with Crippen LogP contribution >= 0.6 is 0 Å². The highest BCUT2D eigenvalue weighted by atomic mass is 16.5. The van der Waals surface area contributed by atoms with Crippen LogP contribution in [0.5, 0.6) is 0 Å². The summed E-state index contributed by atoms with van der Waals surface area (Å²) in [5, 5.41) is 0.873. The maximum atomic E-state index is 12.6. The highest BCUT2D eigenvalue weighted by Gasteiger charge is 2.26. The lowest BCUT2D eigenvalue weighted by Gasteiger charge is -2.06. The van der Waals surface area contributed by atoms with Gasteiger partial charge in [-0.3, -0.25) is 4.79 Å². The summed E-state index contributed by atoms with van der Waals surface area (Å²) in [6.45, 7) is 4.79. The van der Waals surface area contributed by atoms with Crippen LogP contribution in [0.15, 0.2) is 30.3 Å². The molecule has 0 saturated carbocycles. The molecule has 0 aliphatic heterocycles. The van der Waals surface area contributed by atoms with Gasteiger partial charge in [0.15, 0.2) is 6.61 Å². The van der Waals surface area contributed by atoms with Gasteiger partial charge in [-0.25, -0.2) is 9.59 Å². The van der Waals surface area contributed by atoms with Crippen molar-refractivity contribution in [3.63, 3.8) is 0 Å². The first-order valence-electron chi connectivity index (χ1n) is 8.56. The van der Waals surface area contributed by atoms with Crippen LogP contribution in [0.4, 0.5) is 0 Å². The molecule has 0 unspecified atom stereocenters. The van der Waals surface area contributed by atoms with E-state index < -0.39 is 24.3 Å². The molecule has 0 radical (unpaired) electrons. The second-order valence-corrected chi connectivity index (χ2v) is 6.12. The number of ether oxygens (including phenoxy) is 2. The Bertz CT molecular complexity index is 995. The molecule has 2 heterocycles. The van der Waals surface area contributed by atoms with Crippen LogP contribution < -0.4 is 0 Å². The molecule has 3 aromatic rings. The molecule has 7 nitrogen and oxygen atoms in total. The lowest BCUT2D eigenvalue weighted by atomic mass is 10.1. The number of para-hydroxylation sites is 1. The van der Waals surface area contributed by atoms with Gasteiger partial charge in [-0.1, -0.05) is 18.2 Å². The lowest BCUT2D eigenvalue weighted by Crippen LogP contribution is -2.18. The Morgan fingerprint density at radius 2 is 1.63 bits per heavy atom. The van der Waals surface area contributed by atoms with Crippen LogP contribution in [-0.2, 0) is 9.47 Å². The number of aryl methyl sites for hydroxylation is 2. The first-order valence-corrected chi connectivity index (χ1v) is 8.56. The predicted molar refractivity (Wildman–Crippen MR) is 99.1 cm³/mol. The Kier molecular flexibility index (Phi) is 5.12. The Hall–Kier alpha value is -3.35. The summed E-state index contributed by atoms with van der Waals surface area (Å²) in [5.74, 6) is -1.68. The largest absolute Gasteiger partial charge is 0.462 e. The van der Waals surface area contributed by atoms with Crippen molar-refractivity contribution >= 4 is 28.6 Å². The van der Waals surface area contributed by atoms with Crippen LogP contribution in [-0.4, -0.2) is 40.9 Å². The minimum absolute atomic E-state index is 0.181. The average Bonchev–Trinajstić information content (AvgIpc) is 3.19. The van der Waals surface area contributed by atoms with Gasteiger partial charge in [-0.2, -0.15) is 0 Å². The van der Waals surface area contributed by atoms with E-state index in [0.29, 0.717) is 11.4 Å². The number of benzene rings is 1. The van der Waals surface area contributed by atoms with Crippen molar-refractivity contribution in [3.05, 3.63) is 58.5 Å². The number of rotatable bonds is 6. The Morgan fingerprint density at radius 3 is 2.33 bits per heavy atom. The first-order chi connectivity index (χ1) is 12.9. The zero-order valence-corrected chi connectivity index (χ0v) is 15.3. The summed E-state index contributed by atoms with van der Waals surface area (Å²) in [6.07, 6.45) is 0. The maximum absolute atomic E-state index is 12.6. The lowest BCUT2D eigenvalue weighted by molar-refractivity contribution is 0.0467. The summed E-state index contributed by atoms with van der Waals surface area (Å²) in [5.41, 5.74) is 2.50. The second kappa shape index (κ2) is 7.49. The van der Waals surface area contributed by atoms with Gasteiger partial charge in [0.1, 0.15) is 5.69 Å². The number of carbonyl (C=O) groups is 3. The molecule has 0 spiro atoms. The third kappa shape index (κ3) is 3.62. The number of fused-ring (bicyclic) bond motifs is 1. The molecule has 0 aliphatic rings. The molecule has 0 amide bonds. The average molecular weight is 368 g/mol. The standard InChI is InChI=1S/C20H20N2O5/c1-4-26-20(25)18-12(3)21-11(2)17(18)16(23)10-27-19(24)15-9-13-7-5-6-8-14(13)22-15/h5-9,21-22H,4,10H2,1-3H3. The van der Waals surface area contributed by atoms with Gasteiger partial charge in [0, 0.05) is 22.3 Å². The number of ketones is 1. The fraction of sp³-hybridized carbons (Fsp3) is 0.250. The number of nitrogens with one attached hydrogen (secondary N) is 2. The third-order valence-corrected chi connectivity index (χ3v) is 4.22. The van der Waals surface area contributed by atoms with Gasteiger partial charge >= 0.3 is 11.9 Å². The van der Waals surface area contributed by atoms with E-state index in [-0.39, 0.29) is 23.4 Å². The fourth-order valence-electron chi connectivity index (χ4n) is 3.05. The van der Waals surface area contributed by atoms with E-state index >= 15 is 0 Å². The normalized spacial score (nSPS) is 10.8. The van der Waals surface area contributed by atoms with Crippen LogP contribution in [0, 0.1) is 13.8 Å². The van der Waals surface area contributed by atoms with Crippen molar-refractivity contribution in [2.45, 2.75) is 20.8 Å². The van der Waals surface area contributed by atoms with Crippen LogP contribution in [0.25, 0.3) is 10.9 Å². The fourth-order valence-corrected chi connectivity index (χ4v) is 3.05. The van der Waals surface area contributed by atoms with E-state index in [1.54, 1.807) is 26.8 Å². The molecule has 0 bridgehead atoms. The molecule has 0 atom stereocenters. The van der Waals surface area contributed by atoms with Gasteiger partial charge in [0.2, 0.25) is 5.78 Å². The van der Waals surface area contributed by atoms with Crippen molar-refractivity contribution in [2.24, 2.45) is 0 Å². The molecule has 2 N–H and O–H groups in total. The van der Waals surface area contributed by atoms with Gasteiger partial charge in [-0.05, 0) is 32.9 Å². The van der Waals surface area contributed by atoms with Gasteiger partial charge in [-0.15, -0.1) is 0 Å². The zero-order valence-electron chi connectivity index (χ0n) is 15.3. The summed E-state index contributed by atoms with van der Waals surface area (Å²) in [4.78, 5) is 42.9. The SMILES string of the molecule is CCOC(=O)c1c(C)[nH]c(C)c1C(=O)COC(=O)c1cc2ccccc2[nH]1. The summed E-state index contributed by atoms with van der Waals surface area (Å²) in [6, 6.07) is 9.09.